The van der Waals surface area contributed by atoms with Gasteiger partial charge in [0.1, 0.15) is 10.7 Å². The average molecular weight is 394 g/mol. The summed E-state index contributed by atoms with van der Waals surface area (Å²) in [5, 5.41) is 2.85. The van der Waals surface area contributed by atoms with Crippen molar-refractivity contribution in [1.82, 2.24) is 14.9 Å². The Kier molecular flexibility index (Phi) is 4.19. The molecule has 1 N–H and O–H groups in total. The van der Waals surface area contributed by atoms with E-state index in [4.69, 9.17) is 4.98 Å². The minimum absolute atomic E-state index is 0.0469. The first kappa shape index (κ1) is 16.9. The molecule has 1 aromatic carbocycles. The third-order valence-corrected chi connectivity index (χ3v) is 7.34. The van der Waals surface area contributed by atoms with Crippen LogP contribution in [0.2, 0.25) is 0 Å². The van der Waals surface area contributed by atoms with Crippen LogP contribution in [-0.2, 0) is 13.0 Å². The second-order valence-electron chi connectivity index (χ2n) is 6.90. The Bertz CT molecular complexity index is 1160. The number of fused-ring (bicyclic) bond motifs is 2. The molecule has 4 heterocycles. The van der Waals surface area contributed by atoms with Crippen molar-refractivity contribution in [3.05, 3.63) is 74.5 Å². The highest BCUT2D eigenvalue weighted by Gasteiger charge is 2.25. The molecule has 0 aliphatic carbocycles. The maximum atomic E-state index is 12.6. The van der Waals surface area contributed by atoms with Gasteiger partial charge in [-0.3, -0.25) is 9.69 Å². The van der Waals surface area contributed by atoms with Gasteiger partial charge in [0.15, 0.2) is 0 Å². The Morgan fingerprint density at radius 3 is 2.96 bits per heavy atom. The predicted molar refractivity (Wildman–Crippen MR) is 113 cm³/mol. The number of nitrogens with zero attached hydrogens (tertiary/aromatic N) is 2. The monoisotopic (exact) mass is 393 g/mol. The molecular weight excluding hydrogens is 374 g/mol. The van der Waals surface area contributed by atoms with Gasteiger partial charge in [0.2, 0.25) is 0 Å². The van der Waals surface area contributed by atoms with Crippen LogP contribution in [0.5, 0.6) is 0 Å². The summed E-state index contributed by atoms with van der Waals surface area (Å²) in [5.74, 6) is 0.750. The summed E-state index contributed by atoms with van der Waals surface area (Å²) >= 11 is 3.43. The number of thiophene rings is 2. The molecule has 3 aromatic heterocycles. The van der Waals surface area contributed by atoms with Crippen molar-refractivity contribution >= 4 is 32.9 Å². The van der Waals surface area contributed by atoms with E-state index in [1.54, 1.807) is 11.3 Å². The number of benzene rings is 1. The van der Waals surface area contributed by atoms with Crippen molar-refractivity contribution in [2.24, 2.45) is 0 Å². The number of rotatable bonds is 3. The van der Waals surface area contributed by atoms with Gasteiger partial charge < -0.3 is 4.98 Å². The first-order valence-electron chi connectivity index (χ1n) is 9.07. The lowest BCUT2D eigenvalue weighted by molar-refractivity contribution is 0.186. The molecule has 1 aliphatic rings. The van der Waals surface area contributed by atoms with Crippen LogP contribution < -0.4 is 5.56 Å². The summed E-state index contributed by atoms with van der Waals surface area (Å²) in [6.07, 6.45) is 1.07. The van der Waals surface area contributed by atoms with Crippen molar-refractivity contribution < 1.29 is 0 Å². The van der Waals surface area contributed by atoms with Crippen LogP contribution >= 0.6 is 22.7 Å². The number of hydrogen-bond donors (Lipinski definition) is 1. The largest absolute Gasteiger partial charge is 0.309 e. The summed E-state index contributed by atoms with van der Waals surface area (Å²) < 4.78 is 0. The van der Waals surface area contributed by atoms with Crippen LogP contribution in [0.1, 0.15) is 29.2 Å². The molecular formula is C21H19N3OS2. The van der Waals surface area contributed by atoms with Gasteiger partial charge in [-0.25, -0.2) is 4.98 Å². The molecule has 27 heavy (non-hydrogen) atoms. The molecule has 5 rings (SSSR count). The zero-order valence-electron chi connectivity index (χ0n) is 14.9. The maximum absolute atomic E-state index is 12.6. The fourth-order valence-electron chi connectivity index (χ4n) is 3.77. The van der Waals surface area contributed by atoms with Crippen molar-refractivity contribution in [2.75, 3.05) is 6.54 Å². The number of H-pyrrole nitrogens is 1. The smallest absolute Gasteiger partial charge is 0.259 e. The summed E-state index contributed by atoms with van der Waals surface area (Å²) in [6, 6.07) is 14.7. The van der Waals surface area contributed by atoms with E-state index in [1.807, 2.05) is 35.6 Å². The van der Waals surface area contributed by atoms with E-state index in [0.717, 1.165) is 34.1 Å². The van der Waals surface area contributed by atoms with E-state index in [-0.39, 0.29) is 5.56 Å². The van der Waals surface area contributed by atoms with Crippen LogP contribution in [-0.4, -0.2) is 21.4 Å². The summed E-state index contributed by atoms with van der Waals surface area (Å²) in [6.45, 7) is 3.90. The highest BCUT2D eigenvalue weighted by molar-refractivity contribution is 7.21. The topological polar surface area (TPSA) is 49.0 Å². The lowest BCUT2D eigenvalue weighted by atomic mass is 10.0. The minimum atomic E-state index is -0.0469. The van der Waals surface area contributed by atoms with Crippen molar-refractivity contribution in [3.63, 3.8) is 0 Å². The number of aromatic nitrogens is 2. The van der Waals surface area contributed by atoms with Crippen LogP contribution in [0.25, 0.3) is 20.7 Å². The molecule has 0 unspecified atom stereocenters. The molecule has 0 bridgehead atoms. The van der Waals surface area contributed by atoms with Gasteiger partial charge in [-0.1, -0.05) is 30.3 Å². The molecule has 0 radical (unpaired) electrons. The van der Waals surface area contributed by atoms with Crippen LogP contribution in [0.15, 0.2) is 52.6 Å². The second kappa shape index (κ2) is 6.71. The van der Waals surface area contributed by atoms with Gasteiger partial charge in [0, 0.05) is 22.3 Å². The van der Waals surface area contributed by atoms with Crippen LogP contribution in [0.3, 0.4) is 0 Å². The zero-order chi connectivity index (χ0) is 18.4. The molecule has 4 nitrogen and oxygen atoms in total. The Labute approximate surface area is 165 Å². The van der Waals surface area contributed by atoms with Crippen molar-refractivity contribution in [2.45, 2.75) is 25.9 Å². The van der Waals surface area contributed by atoms with E-state index >= 15 is 0 Å². The van der Waals surface area contributed by atoms with Gasteiger partial charge >= 0.3 is 0 Å². The number of nitrogens with one attached hydrogen (secondary N) is 1. The Morgan fingerprint density at radius 1 is 1.26 bits per heavy atom. The molecule has 4 aromatic rings. The van der Waals surface area contributed by atoms with Gasteiger partial charge in [-0.15, -0.1) is 22.7 Å². The van der Waals surface area contributed by atoms with Crippen molar-refractivity contribution in [3.8, 4) is 10.4 Å². The van der Waals surface area contributed by atoms with Crippen molar-refractivity contribution in [1.29, 1.82) is 0 Å². The summed E-state index contributed by atoms with van der Waals surface area (Å²) in [7, 11) is 0. The lowest BCUT2D eigenvalue weighted by Gasteiger charge is -2.33. The Morgan fingerprint density at radius 2 is 2.11 bits per heavy atom. The molecule has 0 saturated heterocycles. The minimum Gasteiger partial charge on any atom is -0.309 e. The predicted octanol–water partition coefficient (Wildman–Crippen LogP) is 4.83. The van der Waals surface area contributed by atoms with E-state index in [0.29, 0.717) is 18.0 Å². The van der Waals surface area contributed by atoms with Gasteiger partial charge in [-0.05, 0) is 42.0 Å². The summed E-state index contributed by atoms with van der Waals surface area (Å²) in [4.78, 5) is 26.2. The molecule has 1 atom stereocenters. The van der Waals surface area contributed by atoms with Gasteiger partial charge in [0.25, 0.3) is 5.56 Å². The average Bonchev–Trinajstić information content (AvgIpc) is 3.32. The highest BCUT2D eigenvalue weighted by Crippen LogP contribution is 2.34. The van der Waals surface area contributed by atoms with E-state index in [2.05, 4.69) is 40.4 Å². The highest BCUT2D eigenvalue weighted by atomic mass is 32.1. The fourth-order valence-corrected chi connectivity index (χ4v) is 5.78. The molecule has 1 aliphatic heterocycles. The van der Waals surface area contributed by atoms with Crippen LogP contribution in [0, 0.1) is 0 Å². The van der Waals surface area contributed by atoms with Gasteiger partial charge in [0.05, 0.1) is 11.9 Å². The lowest BCUT2D eigenvalue weighted by Crippen LogP contribution is -2.33. The Hall–Kier alpha value is -2.28. The fraction of sp³-hybridized carbons (Fsp3) is 0.238. The first-order valence-corrected chi connectivity index (χ1v) is 10.8. The molecule has 0 saturated carbocycles. The number of hydrogen-bond acceptors (Lipinski definition) is 5. The quantitative estimate of drug-likeness (QED) is 0.542. The molecule has 0 amide bonds. The Balaban J connectivity index is 1.47. The molecule has 0 spiro atoms. The third kappa shape index (κ3) is 3.04. The van der Waals surface area contributed by atoms with Gasteiger partial charge in [-0.2, -0.15) is 0 Å². The zero-order valence-corrected chi connectivity index (χ0v) is 16.6. The number of aromatic amines is 1. The van der Waals surface area contributed by atoms with Crippen LogP contribution in [0.4, 0.5) is 0 Å². The second-order valence-corrected chi connectivity index (χ2v) is 8.94. The van der Waals surface area contributed by atoms with E-state index < -0.39 is 0 Å². The SMILES string of the molecule is C[C@@H]1c2ccsc2CCN1Cc1nc2sc(-c3ccccc3)cc2c(=O)[nH]1. The molecule has 136 valence electrons. The normalized spacial score (nSPS) is 17.3. The maximum Gasteiger partial charge on any atom is 0.259 e. The van der Waals surface area contributed by atoms with E-state index in [1.165, 1.54) is 10.4 Å². The first-order chi connectivity index (χ1) is 13.2. The molecule has 6 heteroatoms. The standard InChI is InChI=1S/C21H19N3OS2/c1-13-15-8-10-26-17(15)7-9-24(13)12-19-22-20(25)16-11-18(27-21(16)23-19)14-5-3-2-4-6-14/h2-6,8,10-11,13H,7,9,12H2,1H3,(H,22,23,25)/t13-/m1/s1. The third-order valence-electron chi connectivity index (χ3n) is 5.27. The van der Waals surface area contributed by atoms with E-state index in [9.17, 15) is 4.79 Å². The molecule has 0 fully saturated rings. The summed E-state index contributed by atoms with van der Waals surface area (Å²) in [5.41, 5.74) is 2.49.